The molecule has 1 saturated heterocycles. The van der Waals surface area contributed by atoms with Crippen molar-refractivity contribution >= 4 is 16.5 Å². The van der Waals surface area contributed by atoms with Crippen LogP contribution in [-0.4, -0.2) is 35.9 Å². The summed E-state index contributed by atoms with van der Waals surface area (Å²) in [7, 11) is 0. The van der Waals surface area contributed by atoms with Crippen molar-refractivity contribution in [3.05, 3.63) is 5.51 Å². The molecule has 4 nitrogen and oxygen atoms in total. The quantitative estimate of drug-likeness (QED) is 0.683. The number of hydrogen-bond acceptors (Lipinski definition) is 5. The summed E-state index contributed by atoms with van der Waals surface area (Å²) in [4.78, 5) is 2.28. The molecule has 0 aliphatic carbocycles. The molecule has 0 bridgehead atoms. The van der Waals surface area contributed by atoms with Crippen molar-refractivity contribution in [2.45, 2.75) is 13.0 Å². The van der Waals surface area contributed by atoms with E-state index in [2.05, 4.69) is 27.3 Å². The van der Waals surface area contributed by atoms with E-state index < -0.39 is 0 Å². The molecule has 0 amide bonds. The van der Waals surface area contributed by atoms with E-state index in [1.54, 1.807) is 16.8 Å². The van der Waals surface area contributed by atoms with E-state index in [0.29, 0.717) is 6.04 Å². The van der Waals surface area contributed by atoms with Crippen LogP contribution in [0.3, 0.4) is 0 Å². The van der Waals surface area contributed by atoms with E-state index in [4.69, 9.17) is 0 Å². The van der Waals surface area contributed by atoms with Crippen LogP contribution in [0.15, 0.2) is 5.51 Å². The number of anilines is 1. The van der Waals surface area contributed by atoms with E-state index in [1.807, 2.05) is 0 Å². The highest BCUT2D eigenvalue weighted by molar-refractivity contribution is 7.13. The molecule has 5 heteroatoms. The number of nitrogens with one attached hydrogen (secondary N) is 1. The van der Waals surface area contributed by atoms with Crippen molar-refractivity contribution < 1.29 is 0 Å². The van der Waals surface area contributed by atoms with Gasteiger partial charge in [-0.25, -0.2) is 0 Å². The van der Waals surface area contributed by atoms with Crippen LogP contribution < -0.4 is 10.2 Å². The molecule has 0 radical (unpaired) electrons. The van der Waals surface area contributed by atoms with E-state index in [-0.39, 0.29) is 0 Å². The Bertz CT molecular complexity index is 236. The molecule has 0 aromatic carbocycles. The minimum absolute atomic E-state index is 0.558. The van der Waals surface area contributed by atoms with E-state index in [0.717, 1.165) is 24.8 Å². The predicted molar refractivity (Wildman–Crippen MR) is 49.6 cm³/mol. The topological polar surface area (TPSA) is 41.1 Å². The van der Waals surface area contributed by atoms with Crippen LogP contribution in [0.5, 0.6) is 0 Å². The van der Waals surface area contributed by atoms with Crippen LogP contribution in [-0.2, 0) is 0 Å². The van der Waals surface area contributed by atoms with Gasteiger partial charge in [0, 0.05) is 25.7 Å². The minimum atomic E-state index is 0.558. The van der Waals surface area contributed by atoms with Crippen LogP contribution in [0.25, 0.3) is 0 Å². The fraction of sp³-hybridized carbons (Fsp3) is 0.714. The second-order valence-electron chi connectivity index (χ2n) is 3.02. The molecule has 1 N–H and O–H groups in total. The number of nitrogens with zero attached hydrogens (tertiary/aromatic N) is 3. The molecule has 0 spiro atoms. The van der Waals surface area contributed by atoms with Gasteiger partial charge >= 0.3 is 0 Å². The van der Waals surface area contributed by atoms with Crippen LogP contribution in [0.1, 0.15) is 6.92 Å². The molecular weight excluding hydrogens is 172 g/mol. The van der Waals surface area contributed by atoms with Crippen molar-refractivity contribution in [2.24, 2.45) is 0 Å². The zero-order valence-electron chi connectivity index (χ0n) is 7.03. The molecule has 0 saturated carbocycles. The minimum Gasteiger partial charge on any atom is -0.344 e. The number of rotatable bonds is 1. The molecule has 2 heterocycles. The van der Waals surface area contributed by atoms with Gasteiger partial charge in [0.05, 0.1) is 0 Å². The first kappa shape index (κ1) is 7.94. The van der Waals surface area contributed by atoms with E-state index in [9.17, 15) is 0 Å². The standard InChI is InChI=1S/C7H12N4S/c1-6-4-11(3-2-8-6)7-10-9-5-12-7/h5-6,8H,2-4H2,1H3/t6-/m0/s1. The van der Waals surface area contributed by atoms with Crippen molar-refractivity contribution in [2.75, 3.05) is 24.5 Å². The maximum Gasteiger partial charge on any atom is 0.208 e. The van der Waals surface area contributed by atoms with Gasteiger partial charge in [0.25, 0.3) is 0 Å². The zero-order valence-corrected chi connectivity index (χ0v) is 7.84. The maximum atomic E-state index is 4.04. The summed E-state index contributed by atoms with van der Waals surface area (Å²) in [6.45, 7) is 5.31. The molecule has 0 unspecified atom stereocenters. The lowest BCUT2D eigenvalue weighted by Gasteiger charge is -2.31. The Kier molecular flexibility index (Phi) is 2.23. The maximum absolute atomic E-state index is 4.04. The lowest BCUT2D eigenvalue weighted by atomic mass is 10.2. The third-order valence-corrected chi connectivity index (χ3v) is 2.74. The fourth-order valence-corrected chi connectivity index (χ4v) is 2.01. The summed E-state index contributed by atoms with van der Waals surface area (Å²) in [6.07, 6.45) is 0. The summed E-state index contributed by atoms with van der Waals surface area (Å²) in [5.41, 5.74) is 1.78. The first-order valence-corrected chi connectivity index (χ1v) is 4.99. The van der Waals surface area contributed by atoms with Crippen molar-refractivity contribution in [3.63, 3.8) is 0 Å². The summed E-state index contributed by atoms with van der Waals surface area (Å²) in [5, 5.41) is 12.3. The summed E-state index contributed by atoms with van der Waals surface area (Å²) in [5.74, 6) is 0. The molecule has 1 fully saturated rings. The Morgan fingerprint density at radius 3 is 3.33 bits per heavy atom. The fourth-order valence-electron chi connectivity index (χ4n) is 1.41. The van der Waals surface area contributed by atoms with Gasteiger partial charge in [0.15, 0.2) is 0 Å². The van der Waals surface area contributed by atoms with Crippen LogP contribution >= 0.6 is 11.3 Å². The SMILES string of the molecule is C[C@H]1CN(c2nncs2)CCN1. The van der Waals surface area contributed by atoms with Gasteiger partial charge in [-0.1, -0.05) is 11.3 Å². The van der Waals surface area contributed by atoms with Crippen LogP contribution in [0, 0.1) is 0 Å². The highest BCUT2D eigenvalue weighted by Crippen LogP contribution is 2.16. The van der Waals surface area contributed by atoms with Crippen LogP contribution in [0.4, 0.5) is 5.13 Å². The molecule has 1 aromatic rings. The molecule has 12 heavy (non-hydrogen) atoms. The summed E-state index contributed by atoms with van der Waals surface area (Å²) < 4.78 is 0. The van der Waals surface area contributed by atoms with Crippen molar-refractivity contribution in [3.8, 4) is 0 Å². The number of piperazine rings is 1. The van der Waals surface area contributed by atoms with Crippen molar-refractivity contribution in [1.82, 2.24) is 15.5 Å². The summed E-state index contributed by atoms with van der Waals surface area (Å²) >= 11 is 1.61. The van der Waals surface area contributed by atoms with Crippen LogP contribution in [0.2, 0.25) is 0 Å². The molecule has 1 aliphatic rings. The van der Waals surface area contributed by atoms with Gasteiger partial charge in [-0.2, -0.15) is 0 Å². The zero-order chi connectivity index (χ0) is 8.39. The smallest absolute Gasteiger partial charge is 0.208 e. The van der Waals surface area contributed by atoms with Gasteiger partial charge in [0.1, 0.15) is 5.51 Å². The Morgan fingerprint density at radius 1 is 1.75 bits per heavy atom. The Labute approximate surface area is 75.6 Å². The Balaban J connectivity index is 2.04. The van der Waals surface area contributed by atoms with Gasteiger partial charge in [-0.3, -0.25) is 0 Å². The van der Waals surface area contributed by atoms with Gasteiger partial charge < -0.3 is 10.2 Å². The summed E-state index contributed by atoms with van der Waals surface area (Å²) in [6, 6.07) is 0.558. The molecule has 66 valence electrons. The largest absolute Gasteiger partial charge is 0.344 e. The van der Waals surface area contributed by atoms with Gasteiger partial charge in [-0.15, -0.1) is 10.2 Å². The predicted octanol–water partition coefficient (Wildman–Crippen LogP) is 0.336. The second kappa shape index (κ2) is 3.37. The number of hydrogen-bond donors (Lipinski definition) is 1. The first-order chi connectivity index (χ1) is 5.86. The Hall–Kier alpha value is -0.680. The van der Waals surface area contributed by atoms with E-state index in [1.165, 1.54) is 0 Å². The highest BCUT2D eigenvalue weighted by atomic mass is 32.1. The third-order valence-electron chi connectivity index (χ3n) is 1.99. The molecule has 2 rings (SSSR count). The monoisotopic (exact) mass is 184 g/mol. The lowest BCUT2D eigenvalue weighted by molar-refractivity contribution is 0.483. The second-order valence-corrected chi connectivity index (χ2v) is 3.83. The first-order valence-electron chi connectivity index (χ1n) is 4.11. The van der Waals surface area contributed by atoms with Crippen molar-refractivity contribution in [1.29, 1.82) is 0 Å². The normalized spacial score (nSPS) is 24.4. The third kappa shape index (κ3) is 1.56. The average Bonchev–Trinajstić information content (AvgIpc) is 2.56. The van der Waals surface area contributed by atoms with E-state index >= 15 is 0 Å². The molecule has 1 aliphatic heterocycles. The lowest BCUT2D eigenvalue weighted by Crippen LogP contribution is -2.49. The number of aromatic nitrogens is 2. The molecular formula is C7H12N4S. The highest BCUT2D eigenvalue weighted by Gasteiger charge is 2.17. The molecule has 1 atom stereocenters. The molecule has 1 aromatic heterocycles. The average molecular weight is 184 g/mol. The van der Waals surface area contributed by atoms with Gasteiger partial charge in [0.2, 0.25) is 5.13 Å². The van der Waals surface area contributed by atoms with Gasteiger partial charge in [-0.05, 0) is 6.92 Å². The Morgan fingerprint density at radius 2 is 2.67 bits per heavy atom.